The first-order chi connectivity index (χ1) is 17.8. The van der Waals surface area contributed by atoms with Crippen LogP contribution in [0.15, 0.2) is 51.9 Å². The molecule has 4 rings (SSSR count). The van der Waals surface area contributed by atoms with Gasteiger partial charge in [0.05, 0.1) is 47.2 Å². The van der Waals surface area contributed by atoms with Crippen LogP contribution in [-0.4, -0.2) is 38.0 Å². The molecular formula is C26H24ClIN2O6S. The van der Waals surface area contributed by atoms with E-state index in [-0.39, 0.29) is 11.1 Å². The number of aromatic nitrogens is 1. The van der Waals surface area contributed by atoms with Gasteiger partial charge in [-0.2, -0.15) is 0 Å². The van der Waals surface area contributed by atoms with Gasteiger partial charge in [0.25, 0.3) is 5.56 Å². The summed E-state index contributed by atoms with van der Waals surface area (Å²) in [5.41, 5.74) is 1.23. The molecule has 0 saturated carbocycles. The normalized spacial score (nSPS) is 14.9. The minimum atomic E-state index is -0.776. The fraction of sp³-hybridized carbons (Fsp3) is 0.269. The summed E-state index contributed by atoms with van der Waals surface area (Å²) < 4.78 is 24.8. The van der Waals surface area contributed by atoms with Gasteiger partial charge in [0, 0.05) is 16.8 Å². The zero-order valence-electron chi connectivity index (χ0n) is 20.5. The number of ether oxygens (including phenoxy) is 4. The molecule has 0 aliphatic carbocycles. The number of nitrogens with zero attached hydrogens (tertiary/aromatic N) is 2. The van der Waals surface area contributed by atoms with Gasteiger partial charge in [0.1, 0.15) is 5.75 Å². The second kappa shape index (κ2) is 11.7. The van der Waals surface area contributed by atoms with Gasteiger partial charge in [0.15, 0.2) is 16.3 Å². The van der Waals surface area contributed by atoms with Crippen molar-refractivity contribution < 1.29 is 23.7 Å². The molecule has 0 radical (unpaired) electrons. The molecule has 37 heavy (non-hydrogen) atoms. The van der Waals surface area contributed by atoms with Gasteiger partial charge in [-0.1, -0.05) is 29.0 Å². The first-order valence-electron chi connectivity index (χ1n) is 11.3. The fourth-order valence-electron chi connectivity index (χ4n) is 4.03. The van der Waals surface area contributed by atoms with Gasteiger partial charge in [-0.3, -0.25) is 9.36 Å². The van der Waals surface area contributed by atoms with Crippen LogP contribution in [0, 0.1) is 3.57 Å². The number of hydrogen-bond donors (Lipinski definition) is 0. The van der Waals surface area contributed by atoms with Crippen LogP contribution in [0.1, 0.15) is 31.0 Å². The average molecular weight is 655 g/mol. The highest BCUT2D eigenvalue weighted by Crippen LogP contribution is 2.35. The van der Waals surface area contributed by atoms with Crippen molar-refractivity contribution in [3.8, 4) is 17.2 Å². The van der Waals surface area contributed by atoms with Gasteiger partial charge in [-0.05, 0) is 72.3 Å². The van der Waals surface area contributed by atoms with Crippen LogP contribution < -0.4 is 29.1 Å². The van der Waals surface area contributed by atoms with E-state index >= 15 is 0 Å². The second-order valence-corrected chi connectivity index (χ2v) is 10.4. The lowest BCUT2D eigenvalue weighted by Gasteiger charge is -2.23. The van der Waals surface area contributed by atoms with Crippen molar-refractivity contribution in [2.45, 2.75) is 19.9 Å². The molecule has 8 nitrogen and oxygen atoms in total. The van der Waals surface area contributed by atoms with Crippen molar-refractivity contribution in [3.05, 3.63) is 81.5 Å². The Morgan fingerprint density at radius 2 is 1.89 bits per heavy atom. The molecule has 0 bridgehead atoms. The van der Waals surface area contributed by atoms with Crippen LogP contribution in [-0.2, 0) is 9.53 Å². The van der Waals surface area contributed by atoms with Crippen molar-refractivity contribution in [1.82, 2.24) is 4.57 Å². The summed E-state index contributed by atoms with van der Waals surface area (Å²) in [4.78, 5) is 31.4. The molecule has 0 spiro atoms. The summed E-state index contributed by atoms with van der Waals surface area (Å²) >= 11 is 9.62. The Labute approximate surface area is 235 Å². The highest BCUT2D eigenvalue weighted by atomic mass is 127. The van der Waals surface area contributed by atoms with E-state index in [1.165, 1.54) is 29.2 Å². The van der Waals surface area contributed by atoms with Gasteiger partial charge in [-0.15, -0.1) is 0 Å². The minimum Gasteiger partial charge on any atom is -0.495 e. The molecule has 1 aliphatic rings. The second-order valence-electron chi connectivity index (χ2n) is 7.76. The van der Waals surface area contributed by atoms with Crippen LogP contribution in [0.25, 0.3) is 6.08 Å². The maximum atomic E-state index is 13.8. The van der Waals surface area contributed by atoms with Crippen LogP contribution in [0.5, 0.6) is 17.2 Å². The summed E-state index contributed by atoms with van der Waals surface area (Å²) in [5.74, 6) is 1.12. The van der Waals surface area contributed by atoms with E-state index in [0.29, 0.717) is 55.9 Å². The quantitative estimate of drug-likeness (QED) is 0.269. The Kier molecular flexibility index (Phi) is 8.60. The predicted octanol–water partition coefficient (Wildman–Crippen LogP) is 4.08. The Balaban J connectivity index is 1.94. The molecule has 2 heterocycles. The highest BCUT2D eigenvalue weighted by molar-refractivity contribution is 14.1. The Morgan fingerprint density at radius 3 is 2.57 bits per heavy atom. The Hall–Kier alpha value is -2.83. The zero-order valence-corrected chi connectivity index (χ0v) is 24.3. The predicted molar refractivity (Wildman–Crippen MR) is 151 cm³/mol. The third-order valence-electron chi connectivity index (χ3n) is 5.54. The molecule has 0 fully saturated rings. The Bertz CT molecular complexity index is 1560. The lowest BCUT2D eigenvalue weighted by molar-refractivity contribution is -0.136. The summed E-state index contributed by atoms with van der Waals surface area (Å²) in [6.45, 7) is 4.65. The fourth-order valence-corrected chi connectivity index (χ4v) is 6.27. The summed E-state index contributed by atoms with van der Waals surface area (Å²) in [6, 6.07) is 8.10. The maximum absolute atomic E-state index is 13.8. The number of carbonyl (C=O) groups is 1. The van der Waals surface area contributed by atoms with Crippen molar-refractivity contribution >= 4 is 57.6 Å². The third-order valence-corrected chi connectivity index (χ3v) is 7.55. The maximum Gasteiger partial charge on any atom is 0.337 e. The van der Waals surface area contributed by atoms with E-state index in [0.717, 1.165) is 3.57 Å². The molecular weight excluding hydrogens is 631 g/mol. The number of halogens is 2. The smallest absolute Gasteiger partial charge is 0.337 e. The number of fused-ring (bicyclic) bond motifs is 1. The van der Waals surface area contributed by atoms with E-state index in [1.54, 1.807) is 43.5 Å². The standard InChI is InChI=1S/C26H24ClIN2O6S/c1-5-35-19-8-7-14(10-20(19)36-6-2)22-17(25(32)34-4)13-29-26-30(22)24(31)21(37-26)11-15-9-16(27)12-18(28)23(15)33-3/h7-13,22H,5-6H2,1-4H3/b21-11+/t22-/m1/s1. The zero-order chi connectivity index (χ0) is 26.7. The molecule has 194 valence electrons. The van der Waals surface area contributed by atoms with Gasteiger partial charge in [0.2, 0.25) is 0 Å². The van der Waals surface area contributed by atoms with E-state index in [9.17, 15) is 9.59 Å². The van der Waals surface area contributed by atoms with E-state index in [2.05, 4.69) is 27.6 Å². The highest BCUT2D eigenvalue weighted by Gasteiger charge is 2.31. The van der Waals surface area contributed by atoms with Crippen LogP contribution in [0.4, 0.5) is 0 Å². The molecule has 0 saturated heterocycles. The van der Waals surface area contributed by atoms with Gasteiger partial charge in [-0.25, -0.2) is 9.79 Å². The monoisotopic (exact) mass is 654 g/mol. The van der Waals surface area contributed by atoms with Crippen molar-refractivity contribution in [1.29, 1.82) is 0 Å². The van der Waals surface area contributed by atoms with Crippen LogP contribution in [0.3, 0.4) is 0 Å². The Morgan fingerprint density at radius 1 is 1.16 bits per heavy atom. The third kappa shape index (κ3) is 5.41. The first kappa shape index (κ1) is 27.2. The lowest BCUT2D eigenvalue weighted by atomic mass is 9.97. The first-order valence-corrected chi connectivity index (χ1v) is 13.6. The minimum absolute atomic E-state index is 0.225. The molecule has 3 aromatic rings. The molecule has 2 aromatic carbocycles. The van der Waals surface area contributed by atoms with Crippen LogP contribution in [0.2, 0.25) is 5.02 Å². The number of hydrogen-bond acceptors (Lipinski definition) is 8. The number of thiazole rings is 1. The molecule has 0 N–H and O–H groups in total. The number of carbonyl (C=O) groups excluding carboxylic acids is 1. The van der Waals surface area contributed by atoms with Gasteiger partial charge >= 0.3 is 5.97 Å². The number of benzene rings is 2. The van der Waals surface area contributed by atoms with E-state index in [4.69, 9.17) is 30.5 Å². The molecule has 1 atom stereocenters. The van der Waals surface area contributed by atoms with E-state index < -0.39 is 12.0 Å². The number of rotatable bonds is 8. The van der Waals surface area contributed by atoms with E-state index in [1.807, 2.05) is 13.8 Å². The summed E-state index contributed by atoms with van der Waals surface area (Å²) in [6.07, 6.45) is 3.17. The van der Waals surface area contributed by atoms with Crippen molar-refractivity contribution in [2.75, 3.05) is 27.4 Å². The number of esters is 1. The average Bonchev–Trinajstić information content (AvgIpc) is 3.19. The van der Waals surface area contributed by atoms with Crippen molar-refractivity contribution in [3.63, 3.8) is 0 Å². The molecule has 0 amide bonds. The largest absolute Gasteiger partial charge is 0.495 e. The molecule has 11 heteroatoms. The topological polar surface area (TPSA) is 88.4 Å². The SMILES string of the molecule is CCOc1ccc([C@@H]2C(C(=O)OC)=CN=c3s/c(=C/c4cc(Cl)cc(I)c4OC)c(=O)n32)cc1OCC. The molecule has 1 aliphatic heterocycles. The van der Waals surface area contributed by atoms with Crippen LogP contribution >= 0.6 is 45.5 Å². The molecule has 0 unspecified atom stereocenters. The van der Waals surface area contributed by atoms with Gasteiger partial charge < -0.3 is 18.9 Å². The molecule has 1 aromatic heterocycles. The summed E-state index contributed by atoms with van der Waals surface area (Å²) in [5, 5.41) is 0.521. The van der Waals surface area contributed by atoms with Crippen molar-refractivity contribution in [2.24, 2.45) is 4.99 Å². The lowest BCUT2D eigenvalue weighted by Crippen LogP contribution is -2.39. The number of methoxy groups -OCH3 is 2. The summed E-state index contributed by atoms with van der Waals surface area (Å²) in [7, 11) is 2.86.